The summed E-state index contributed by atoms with van der Waals surface area (Å²) in [6.45, 7) is 0.709. The maximum atomic E-state index is 12.0. The van der Waals surface area contributed by atoms with Crippen molar-refractivity contribution in [3.8, 4) is 0 Å². The third-order valence-electron chi connectivity index (χ3n) is 2.61. The summed E-state index contributed by atoms with van der Waals surface area (Å²) in [6.07, 6.45) is 2.86. The van der Waals surface area contributed by atoms with Gasteiger partial charge in [-0.05, 0) is 0 Å². The van der Waals surface area contributed by atoms with E-state index in [0.29, 0.717) is 5.82 Å². The first-order valence-electron chi connectivity index (χ1n) is 5.46. The van der Waals surface area contributed by atoms with Gasteiger partial charge in [0, 0.05) is 32.4 Å². The predicted octanol–water partition coefficient (Wildman–Crippen LogP) is -1.85. The Morgan fingerprint density at radius 2 is 2.17 bits per heavy atom. The second-order valence-corrected chi connectivity index (χ2v) is 3.80. The molecule has 0 aliphatic carbocycles. The van der Waals surface area contributed by atoms with Gasteiger partial charge < -0.3 is 5.73 Å². The van der Waals surface area contributed by atoms with Crippen LogP contribution in [0.15, 0.2) is 28.2 Å². The van der Waals surface area contributed by atoms with Gasteiger partial charge in [-0.2, -0.15) is 5.10 Å². The van der Waals surface area contributed by atoms with Crippen LogP contribution < -0.4 is 17.0 Å². The Labute approximate surface area is 102 Å². The fraction of sp³-hybridized carbons (Fsp3) is 0.400. The molecule has 18 heavy (non-hydrogen) atoms. The van der Waals surface area contributed by atoms with E-state index in [0.717, 1.165) is 4.57 Å². The van der Waals surface area contributed by atoms with Crippen LogP contribution in [-0.2, 0) is 20.1 Å². The summed E-state index contributed by atoms with van der Waals surface area (Å²) in [5, 5.41) is 3.92. The Bertz CT molecular complexity index is 653. The lowest BCUT2D eigenvalue weighted by atomic mass is 10.5. The largest absolute Gasteiger partial charge is 0.331 e. The smallest absolute Gasteiger partial charge is 0.329 e. The van der Waals surface area contributed by atoms with Gasteiger partial charge in [-0.15, -0.1) is 0 Å². The lowest BCUT2D eigenvalue weighted by Gasteiger charge is -2.08. The molecular weight excluding hydrogens is 236 g/mol. The van der Waals surface area contributed by atoms with Crippen molar-refractivity contribution >= 4 is 0 Å². The third-order valence-corrected chi connectivity index (χ3v) is 2.61. The monoisotopic (exact) mass is 250 g/mol. The molecule has 0 aliphatic rings. The molecule has 0 bridgehead atoms. The average molecular weight is 250 g/mol. The van der Waals surface area contributed by atoms with E-state index in [9.17, 15) is 9.59 Å². The number of hydrogen-bond donors (Lipinski definition) is 1. The van der Waals surface area contributed by atoms with Crippen molar-refractivity contribution in [2.24, 2.45) is 12.8 Å². The van der Waals surface area contributed by atoms with E-state index in [-0.39, 0.29) is 25.2 Å². The summed E-state index contributed by atoms with van der Waals surface area (Å²) in [7, 11) is 1.74. The molecule has 8 heteroatoms. The molecule has 8 nitrogen and oxygen atoms in total. The number of hydrogen-bond acceptors (Lipinski definition) is 5. The number of rotatable bonds is 4. The normalized spacial score (nSPS) is 10.8. The molecule has 0 radical (unpaired) electrons. The van der Waals surface area contributed by atoms with Crippen molar-refractivity contribution in [2.75, 3.05) is 6.54 Å². The third kappa shape index (κ3) is 2.23. The zero-order valence-electron chi connectivity index (χ0n) is 9.98. The highest BCUT2D eigenvalue weighted by molar-refractivity contribution is 4.91. The molecular formula is C10H14N6O2. The summed E-state index contributed by atoms with van der Waals surface area (Å²) >= 11 is 0. The van der Waals surface area contributed by atoms with Gasteiger partial charge in [0.1, 0.15) is 12.2 Å². The molecule has 0 fully saturated rings. The Hall–Kier alpha value is -2.22. The average Bonchev–Trinajstić information content (AvgIpc) is 2.74. The van der Waals surface area contributed by atoms with Crippen LogP contribution in [0, 0.1) is 0 Å². The highest BCUT2D eigenvalue weighted by atomic mass is 16.2. The summed E-state index contributed by atoms with van der Waals surface area (Å²) in [5.41, 5.74) is 4.63. The van der Waals surface area contributed by atoms with Gasteiger partial charge in [0.05, 0.1) is 6.54 Å². The predicted molar refractivity (Wildman–Crippen MR) is 64.1 cm³/mol. The minimum Gasteiger partial charge on any atom is -0.329 e. The van der Waals surface area contributed by atoms with E-state index in [2.05, 4.69) is 10.1 Å². The second-order valence-electron chi connectivity index (χ2n) is 3.80. The molecule has 0 atom stereocenters. The number of nitrogens with zero attached hydrogens (tertiary/aromatic N) is 5. The number of aryl methyl sites for hydroxylation is 1. The van der Waals surface area contributed by atoms with E-state index >= 15 is 0 Å². The zero-order valence-corrected chi connectivity index (χ0v) is 9.98. The highest BCUT2D eigenvalue weighted by Crippen LogP contribution is 1.93. The fourth-order valence-corrected chi connectivity index (χ4v) is 1.63. The van der Waals surface area contributed by atoms with Gasteiger partial charge in [-0.1, -0.05) is 0 Å². The van der Waals surface area contributed by atoms with Gasteiger partial charge in [-0.25, -0.2) is 9.78 Å². The molecule has 2 rings (SSSR count). The van der Waals surface area contributed by atoms with E-state index in [1.807, 2.05) is 0 Å². The summed E-state index contributed by atoms with van der Waals surface area (Å²) < 4.78 is 4.09. The maximum absolute atomic E-state index is 12.0. The molecule has 2 heterocycles. The zero-order chi connectivity index (χ0) is 13.1. The van der Waals surface area contributed by atoms with Crippen molar-refractivity contribution in [2.45, 2.75) is 13.1 Å². The van der Waals surface area contributed by atoms with Crippen LogP contribution in [0.1, 0.15) is 5.82 Å². The minimum atomic E-state index is -0.393. The van der Waals surface area contributed by atoms with Gasteiger partial charge in [0.15, 0.2) is 0 Å². The van der Waals surface area contributed by atoms with E-state index in [1.54, 1.807) is 11.7 Å². The SMILES string of the molecule is Cn1ncnc1Cn1ccc(=O)n(CCN)c1=O. The van der Waals surface area contributed by atoms with Crippen LogP contribution in [0.2, 0.25) is 0 Å². The first-order valence-corrected chi connectivity index (χ1v) is 5.46. The Kier molecular flexibility index (Phi) is 3.38. The molecule has 2 N–H and O–H groups in total. The second kappa shape index (κ2) is 4.96. The fourth-order valence-electron chi connectivity index (χ4n) is 1.63. The van der Waals surface area contributed by atoms with Gasteiger partial charge in [0.2, 0.25) is 0 Å². The highest BCUT2D eigenvalue weighted by Gasteiger charge is 2.07. The molecule has 2 aromatic rings. The quantitative estimate of drug-likeness (QED) is 0.686. The Balaban J connectivity index is 2.41. The number of aromatic nitrogens is 5. The van der Waals surface area contributed by atoms with Crippen LogP contribution in [0.25, 0.3) is 0 Å². The standard InChI is InChI=1S/C10H14N6O2/c1-14-8(12-7-13-14)6-15-4-2-9(17)16(5-3-11)10(15)18/h2,4,7H,3,5-6,11H2,1H3. The van der Waals surface area contributed by atoms with E-state index in [1.165, 1.54) is 23.2 Å². The minimum absolute atomic E-state index is 0.206. The lowest BCUT2D eigenvalue weighted by molar-refractivity contribution is 0.559. The van der Waals surface area contributed by atoms with Crippen LogP contribution in [0.4, 0.5) is 0 Å². The van der Waals surface area contributed by atoms with Crippen molar-refractivity contribution in [1.82, 2.24) is 23.9 Å². The van der Waals surface area contributed by atoms with Gasteiger partial charge in [0.25, 0.3) is 5.56 Å². The van der Waals surface area contributed by atoms with E-state index < -0.39 is 5.69 Å². The molecule has 0 aliphatic heterocycles. The summed E-state index contributed by atoms with van der Waals surface area (Å²) in [6, 6.07) is 1.34. The van der Waals surface area contributed by atoms with Crippen LogP contribution in [-0.4, -0.2) is 30.4 Å². The molecule has 0 spiro atoms. The van der Waals surface area contributed by atoms with Gasteiger partial charge >= 0.3 is 5.69 Å². The lowest BCUT2D eigenvalue weighted by Crippen LogP contribution is -2.40. The molecule has 0 amide bonds. The molecule has 0 unspecified atom stereocenters. The van der Waals surface area contributed by atoms with E-state index in [4.69, 9.17) is 5.73 Å². The Morgan fingerprint density at radius 1 is 1.39 bits per heavy atom. The van der Waals surface area contributed by atoms with Crippen molar-refractivity contribution in [3.05, 3.63) is 45.3 Å². The molecule has 2 aromatic heterocycles. The molecule has 0 saturated carbocycles. The Morgan fingerprint density at radius 3 is 2.78 bits per heavy atom. The molecule has 96 valence electrons. The van der Waals surface area contributed by atoms with Crippen molar-refractivity contribution < 1.29 is 0 Å². The maximum Gasteiger partial charge on any atom is 0.331 e. The van der Waals surface area contributed by atoms with Crippen molar-refractivity contribution in [3.63, 3.8) is 0 Å². The molecule has 0 saturated heterocycles. The van der Waals surface area contributed by atoms with Crippen LogP contribution in [0.5, 0.6) is 0 Å². The summed E-state index contributed by atoms with van der Waals surface area (Å²) in [4.78, 5) is 27.6. The van der Waals surface area contributed by atoms with Crippen LogP contribution >= 0.6 is 0 Å². The first kappa shape index (κ1) is 12.2. The van der Waals surface area contributed by atoms with Gasteiger partial charge in [-0.3, -0.25) is 18.6 Å². The van der Waals surface area contributed by atoms with Crippen molar-refractivity contribution in [1.29, 1.82) is 0 Å². The first-order chi connectivity index (χ1) is 8.63. The summed E-state index contributed by atoms with van der Waals surface area (Å²) in [5.74, 6) is 0.634. The topological polar surface area (TPSA) is 101 Å². The number of nitrogens with two attached hydrogens (primary N) is 1. The molecule has 0 aromatic carbocycles. The van der Waals surface area contributed by atoms with Crippen LogP contribution in [0.3, 0.4) is 0 Å².